The van der Waals surface area contributed by atoms with Crippen LogP contribution in [-0.2, 0) is 42.9 Å². The molecule has 0 spiro atoms. The van der Waals surface area contributed by atoms with Gasteiger partial charge in [0.15, 0.2) is 24.6 Å². The molecule has 1 aliphatic rings. The van der Waals surface area contributed by atoms with E-state index >= 15 is 0 Å². The van der Waals surface area contributed by atoms with Crippen LogP contribution in [-0.4, -0.2) is 89.2 Å². The van der Waals surface area contributed by atoms with Gasteiger partial charge in [-0.1, -0.05) is 256 Å². The van der Waals surface area contributed by atoms with E-state index in [1.54, 1.807) is 0 Å². The molecule has 1 heterocycles. The second-order valence-corrected chi connectivity index (χ2v) is 21.3. The second kappa shape index (κ2) is 51.7. The Balaban J connectivity index is 2.66. The van der Waals surface area contributed by atoms with Crippen molar-refractivity contribution in [2.75, 3.05) is 13.2 Å². The van der Waals surface area contributed by atoms with E-state index in [-0.39, 0.29) is 25.9 Å². The molecule has 1 saturated heterocycles. The van der Waals surface area contributed by atoms with Crippen LogP contribution >= 0.6 is 0 Å². The molecule has 0 saturated carbocycles. The highest BCUT2D eigenvalue weighted by molar-refractivity contribution is 5.74. The van der Waals surface area contributed by atoms with E-state index < -0.39 is 67.3 Å². The fourth-order valence-corrected chi connectivity index (χ4v) is 9.50. The van der Waals surface area contributed by atoms with Crippen molar-refractivity contribution in [2.24, 2.45) is 0 Å². The summed E-state index contributed by atoms with van der Waals surface area (Å²) in [7, 11) is 0. The number of esters is 3. The zero-order chi connectivity index (χ0) is 54.7. The molecule has 0 aliphatic carbocycles. The van der Waals surface area contributed by atoms with Gasteiger partial charge in [0.1, 0.15) is 18.8 Å². The third-order valence-corrected chi connectivity index (χ3v) is 14.2. The van der Waals surface area contributed by atoms with Gasteiger partial charge in [-0.05, 0) is 51.4 Å². The van der Waals surface area contributed by atoms with E-state index in [0.717, 1.165) is 89.9 Å². The van der Waals surface area contributed by atoms with Crippen molar-refractivity contribution in [3.8, 4) is 0 Å². The molecule has 1 aliphatic heterocycles. The molecule has 0 bridgehead atoms. The summed E-state index contributed by atoms with van der Waals surface area (Å²) in [4.78, 5) is 51.2. The molecule has 1 fully saturated rings. The van der Waals surface area contributed by atoms with E-state index in [1.165, 1.54) is 141 Å². The number of rotatable bonds is 53. The number of ether oxygens (including phenoxy) is 5. The van der Waals surface area contributed by atoms with Crippen LogP contribution in [0.15, 0.2) is 36.5 Å². The van der Waals surface area contributed by atoms with Gasteiger partial charge >= 0.3 is 23.9 Å². The van der Waals surface area contributed by atoms with E-state index in [4.69, 9.17) is 23.7 Å². The molecule has 0 radical (unpaired) electrons. The van der Waals surface area contributed by atoms with Crippen molar-refractivity contribution in [3.63, 3.8) is 0 Å². The third kappa shape index (κ3) is 41.7. The van der Waals surface area contributed by atoms with Crippen molar-refractivity contribution in [1.82, 2.24) is 0 Å². The lowest BCUT2D eigenvalue weighted by Gasteiger charge is -2.40. The zero-order valence-corrected chi connectivity index (χ0v) is 48.1. The molecular formula is C63H112O12. The highest BCUT2D eigenvalue weighted by Crippen LogP contribution is 2.27. The van der Waals surface area contributed by atoms with Gasteiger partial charge in [0, 0.05) is 19.3 Å². The largest absolute Gasteiger partial charge is 0.479 e. The minimum absolute atomic E-state index is 0.0657. The van der Waals surface area contributed by atoms with Crippen molar-refractivity contribution in [3.05, 3.63) is 36.5 Å². The minimum Gasteiger partial charge on any atom is -0.479 e. The molecule has 436 valence electrons. The number of carbonyl (C=O) groups excluding carboxylic acids is 3. The summed E-state index contributed by atoms with van der Waals surface area (Å²) in [5, 5.41) is 31.5. The van der Waals surface area contributed by atoms with Gasteiger partial charge in [0.25, 0.3) is 0 Å². The van der Waals surface area contributed by atoms with Gasteiger partial charge in [-0.15, -0.1) is 0 Å². The number of hydrogen-bond donors (Lipinski definition) is 3. The molecule has 3 N–H and O–H groups in total. The summed E-state index contributed by atoms with van der Waals surface area (Å²) in [6.07, 6.45) is 48.2. The lowest BCUT2D eigenvalue weighted by molar-refractivity contribution is -0.301. The molecule has 0 aromatic heterocycles. The number of carbonyl (C=O) groups is 4. The summed E-state index contributed by atoms with van der Waals surface area (Å²) >= 11 is 0. The summed E-state index contributed by atoms with van der Waals surface area (Å²) in [5.41, 5.74) is 0. The smallest absolute Gasteiger partial charge is 0.335 e. The average molecular weight is 1060 g/mol. The topological polar surface area (TPSA) is 175 Å². The first-order valence-corrected chi connectivity index (χ1v) is 31.0. The summed E-state index contributed by atoms with van der Waals surface area (Å²) in [6.45, 7) is 5.91. The Hall–Kier alpha value is -3.06. The first kappa shape index (κ1) is 70.0. The fourth-order valence-electron chi connectivity index (χ4n) is 9.50. The molecule has 6 unspecified atom stereocenters. The Morgan fingerprint density at radius 2 is 0.840 bits per heavy atom. The Morgan fingerprint density at radius 1 is 0.453 bits per heavy atom. The molecule has 0 amide bonds. The van der Waals surface area contributed by atoms with Crippen molar-refractivity contribution < 1.29 is 58.2 Å². The molecule has 12 heteroatoms. The van der Waals surface area contributed by atoms with Gasteiger partial charge in [0.2, 0.25) is 0 Å². The Labute approximate surface area is 457 Å². The highest BCUT2D eigenvalue weighted by Gasteiger charge is 2.50. The zero-order valence-electron chi connectivity index (χ0n) is 48.1. The second-order valence-electron chi connectivity index (χ2n) is 21.3. The van der Waals surface area contributed by atoms with Gasteiger partial charge in [-0.2, -0.15) is 0 Å². The van der Waals surface area contributed by atoms with Crippen LogP contribution in [0.2, 0.25) is 0 Å². The van der Waals surface area contributed by atoms with Crippen molar-refractivity contribution in [1.29, 1.82) is 0 Å². The molecule has 0 aromatic rings. The highest BCUT2D eigenvalue weighted by atomic mass is 16.7. The van der Waals surface area contributed by atoms with Crippen LogP contribution in [0.1, 0.15) is 290 Å². The predicted octanol–water partition coefficient (Wildman–Crippen LogP) is 16.0. The number of carboxylic acid groups (broad SMARTS) is 1. The number of aliphatic carboxylic acids is 1. The van der Waals surface area contributed by atoms with Crippen LogP contribution < -0.4 is 0 Å². The van der Waals surface area contributed by atoms with Crippen LogP contribution in [0, 0.1) is 0 Å². The maximum absolute atomic E-state index is 13.1. The van der Waals surface area contributed by atoms with Crippen molar-refractivity contribution >= 4 is 23.9 Å². The summed E-state index contributed by atoms with van der Waals surface area (Å²) < 4.78 is 28.5. The maximum atomic E-state index is 13.1. The number of hydrogen-bond acceptors (Lipinski definition) is 11. The standard InChI is InChI=1S/C63H112O12/c1-4-7-10-13-16-19-22-25-27-28-30-32-34-37-40-43-46-49-55(64)71-52-54(73-56(65)50-47-44-41-38-35-31-24-21-18-15-12-9-6-3)53-72-63-61(59(68)58(67)60(75-63)62(69)70)74-57(66)51-48-45-42-39-36-33-29-26-23-20-17-14-11-8-5-2/h7,10,16,19,25,27,54,58-61,63,67-68H,4-6,8-9,11-15,17-18,20-24,26,28-53H2,1-3H3,(H,69,70)/b10-7-,19-16-,27-25-. The SMILES string of the molecule is CC/C=C\C/C=C\C/C=C\CCCCCCCCCC(=O)OCC(COC1OC(C(=O)O)C(O)C(O)C1OC(=O)CCCCCCCCCCCCCCCCC)OC(=O)CCCCCCCCCCCCCCC. The molecular weight excluding hydrogens is 949 g/mol. The van der Waals surface area contributed by atoms with Crippen LogP contribution in [0.4, 0.5) is 0 Å². The van der Waals surface area contributed by atoms with Crippen molar-refractivity contribution in [2.45, 2.75) is 327 Å². The summed E-state index contributed by atoms with van der Waals surface area (Å²) in [6, 6.07) is 0. The molecule has 75 heavy (non-hydrogen) atoms. The molecule has 0 aromatic carbocycles. The fraction of sp³-hybridized carbons (Fsp3) is 0.841. The van der Waals surface area contributed by atoms with Crippen LogP contribution in [0.5, 0.6) is 0 Å². The minimum atomic E-state index is -1.90. The van der Waals surface area contributed by atoms with E-state index in [0.29, 0.717) is 19.3 Å². The lowest BCUT2D eigenvalue weighted by atomic mass is 9.98. The summed E-state index contributed by atoms with van der Waals surface area (Å²) in [5.74, 6) is -3.10. The number of carboxylic acids is 1. The van der Waals surface area contributed by atoms with E-state index in [1.807, 2.05) is 0 Å². The molecule has 6 atom stereocenters. The Kier molecular flexibility index (Phi) is 48.2. The monoisotopic (exact) mass is 1060 g/mol. The number of aliphatic hydroxyl groups is 2. The van der Waals surface area contributed by atoms with E-state index in [2.05, 4.69) is 57.2 Å². The third-order valence-electron chi connectivity index (χ3n) is 14.2. The quantitative estimate of drug-likeness (QED) is 0.0228. The van der Waals surface area contributed by atoms with Gasteiger partial charge in [-0.3, -0.25) is 14.4 Å². The van der Waals surface area contributed by atoms with Gasteiger partial charge < -0.3 is 39.0 Å². The first-order chi connectivity index (χ1) is 36.6. The van der Waals surface area contributed by atoms with Gasteiger partial charge in [0.05, 0.1) is 6.61 Å². The van der Waals surface area contributed by atoms with Gasteiger partial charge in [-0.25, -0.2) is 4.79 Å². The number of aliphatic hydroxyl groups excluding tert-OH is 2. The molecule has 12 nitrogen and oxygen atoms in total. The van der Waals surface area contributed by atoms with E-state index in [9.17, 15) is 34.5 Å². The van der Waals surface area contributed by atoms with Crippen LogP contribution in [0.3, 0.4) is 0 Å². The maximum Gasteiger partial charge on any atom is 0.335 e. The average Bonchev–Trinajstić information content (AvgIpc) is 3.39. The Bertz CT molecular complexity index is 1450. The number of unbranched alkanes of at least 4 members (excludes halogenated alkanes) is 33. The number of allylic oxidation sites excluding steroid dienone is 6. The van der Waals surface area contributed by atoms with Crippen LogP contribution in [0.25, 0.3) is 0 Å². The lowest BCUT2D eigenvalue weighted by Crippen LogP contribution is -2.61. The normalized spacial score (nSPS) is 18.3. The first-order valence-electron chi connectivity index (χ1n) is 31.0. The Morgan fingerprint density at radius 3 is 1.28 bits per heavy atom. The predicted molar refractivity (Wildman–Crippen MR) is 303 cm³/mol. The molecule has 1 rings (SSSR count).